The van der Waals surface area contributed by atoms with Gasteiger partial charge in [-0.2, -0.15) is 0 Å². The van der Waals surface area contributed by atoms with Gasteiger partial charge in [-0.3, -0.25) is 4.79 Å². The molecule has 0 radical (unpaired) electrons. The molecule has 0 aliphatic carbocycles. The quantitative estimate of drug-likeness (QED) is 0.869. The Balaban J connectivity index is 2.03. The van der Waals surface area contributed by atoms with Crippen LogP contribution in [0.25, 0.3) is 0 Å². The lowest BCUT2D eigenvalue weighted by atomic mass is 9.88. The number of nitrogens with two attached hydrogens (primary N) is 1. The van der Waals surface area contributed by atoms with Gasteiger partial charge >= 0.3 is 0 Å². The second-order valence-corrected chi connectivity index (χ2v) is 5.42. The number of likely N-dealkylation sites (tertiary alicyclic amines) is 1. The Kier molecular flexibility index (Phi) is 4.02. The van der Waals surface area contributed by atoms with Crippen LogP contribution in [0.4, 0.5) is 0 Å². The lowest BCUT2D eigenvalue weighted by Crippen LogP contribution is -2.46. The van der Waals surface area contributed by atoms with E-state index in [2.05, 4.69) is 13.8 Å². The molecule has 1 aromatic rings. The van der Waals surface area contributed by atoms with E-state index in [1.807, 2.05) is 35.2 Å². The normalized spacial score (nSPS) is 25.8. The van der Waals surface area contributed by atoms with Crippen LogP contribution in [0, 0.1) is 11.8 Å². The van der Waals surface area contributed by atoms with E-state index in [-0.39, 0.29) is 5.91 Å². The van der Waals surface area contributed by atoms with Crippen molar-refractivity contribution in [2.24, 2.45) is 17.6 Å². The van der Waals surface area contributed by atoms with Gasteiger partial charge in [0.25, 0.3) is 0 Å². The Morgan fingerprint density at radius 3 is 2.56 bits per heavy atom. The van der Waals surface area contributed by atoms with Crippen LogP contribution in [-0.4, -0.2) is 23.9 Å². The van der Waals surface area contributed by atoms with E-state index in [0.717, 1.165) is 25.1 Å². The van der Waals surface area contributed by atoms with Crippen molar-refractivity contribution in [3.05, 3.63) is 35.9 Å². The van der Waals surface area contributed by atoms with Crippen molar-refractivity contribution in [1.82, 2.24) is 4.90 Å². The predicted octanol–water partition coefficient (Wildman–Crippen LogP) is 2.19. The minimum atomic E-state index is -0.521. The van der Waals surface area contributed by atoms with Gasteiger partial charge in [0.05, 0.1) is 0 Å². The number of nitrogens with zero attached hydrogens (tertiary/aromatic N) is 1. The highest BCUT2D eigenvalue weighted by molar-refractivity contribution is 5.83. The third kappa shape index (κ3) is 2.72. The zero-order valence-electron chi connectivity index (χ0n) is 11.2. The van der Waals surface area contributed by atoms with Gasteiger partial charge in [-0.05, 0) is 23.8 Å². The summed E-state index contributed by atoms with van der Waals surface area (Å²) >= 11 is 0. The standard InChI is InChI=1S/C15H22N2O/c1-11-8-9-17(10-12(11)2)15(18)14(16)13-6-4-3-5-7-13/h3-7,11-12,14H,8-10,16H2,1-2H3/t11-,12-,14-/m0/s1. The Morgan fingerprint density at radius 1 is 1.28 bits per heavy atom. The molecule has 0 spiro atoms. The lowest BCUT2D eigenvalue weighted by molar-refractivity contribution is -0.135. The Morgan fingerprint density at radius 2 is 1.94 bits per heavy atom. The topological polar surface area (TPSA) is 46.3 Å². The van der Waals surface area contributed by atoms with E-state index in [0.29, 0.717) is 11.8 Å². The van der Waals surface area contributed by atoms with Crippen LogP contribution in [0.15, 0.2) is 30.3 Å². The van der Waals surface area contributed by atoms with Gasteiger partial charge in [0.2, 0.25) is 5.91 Å². The lowest BCUT2D eigenvalue weighted by Gasteiger charge is -2.36. The molecule has 1 saturated heterocycles. The van der Waals surface area contributed by atoms with Gasteiger partial charge in [-0.1, -0.05) is 44.2 Å². The molecular weight excluding hydrogens is 224 g/mol. The summed E-state index contributed by atoms with van der Waals surface area (Å²) < 4.78 is 0. The number of amides is 1. The molecule has 98 valence electrons. The van der Waals surface area contributed by atoms with Gasteiger partial charge in [0.1, 0.15) is 6.04 Å². The molecule has 3 atom stereocenters. The second kappa shape index (κ2) is 5.53. The molecule has 1 amide bonds. The maximum absolute atomic E-state index is 12.4. The average Bonchev–Trinajstić information content (AvgIpc) is 2.41. The fourth-order valence-electron chi connectivity index (χ4n) is 2.46. The van der Waals surface area contributed by atoms with Crippen LogP contribution in [0.2, 0.25) is 0 Å². The monoisotopic (exact) mass is 246 g/mol. The first kappa shape index (κ1) is 13.1. The minimum Gasteiger partial charge on any atom is -0.341 e. The van der Waals surface area contributed by atoms with Gasteiger partial charge in [-0.15, -0.1) is 0 Å². The molecule has 1 aromatic carbocycles. The van der Waals surface area contributed by atoms with Crippen molar-refractivity contribution in [2.75, 3.05) is 13.1 Å². The van der Waals surface area contributed by atoms with Crippen LogP contribution in [-0.2, 0) is 4.79 Å². The SMILES string of the molecule is C[C@H]1CCN(C(=O)[C@@H](N)c2ccccc2)C[C@@H]1C. The Hall–Kier alpha value is -1.35. The zero-order valence-corrected chi connectivity index (χ0v) is 11.2. The summed E-state index contributed by atoms with van der Waals surface area (Å²) in [5.74, 6) is 1.31. The number of piperidine rings is 1. The summed E-state index contributed by atoms with van der Waals surface area (Å²) in [6.45, 7) is 6.13. The highest BCUT2D eigenvalue weighted by Gasteiger charge is 2.29. The molecule has 1 heterocycles. The third-order valence-corrected chi connectivity index (χ3v) is 4.07. The van der Waals surface area contributed by atoms with Crippen molar-refractivity contribution in [2.45, 2.75) is 26.3 Å². The Labute approximate surface area is 109 Å². The first-order valence-electron chi connectivity index (χ1n) is 6.69. The molecular formula is C15H22N2O. The summed E-state index contributed by atoms with van der Waals surface area (Å²) in [4.78, 5) is 14.3. The summed E-state index contributed by atoms with van der Waals surface area (Å²) in [5, 5.41) is 0. The van der Waals surface area contributed by atoms with Crippen molar-refractivity contribution in [3.8, 4) is 0 Å². The first-order valence-corrected chi connectivity index (χ1v) is 6.69. The van der Waals surface area contributed by atoms with Crippen LogP contribution in [0.3, 0.4) is 0 Å². The fraction of sp³-hybridized carbons (Fsp3) is 0.533. The molecule has 0 bridgehead atoms. The van der Waals surface area contributed by atoms with Crippen LogP contribution in [0.1, 0.15) is 31.9 Å². The highest BCUT2D eigenvalue weighted by atomic mass is 16.2. The number of hydrogen-bond donors (Lipinski definition) is 1. The molecule has 1 fully saturated rings. The summed E-state index contributed by atoms with van der Waals surface area (Å²) in [5.41, 5.74) is 6.96. The van der Waals surface area contributed by atoms with Crippen molar-refractivity contribution in [1.29, 1.82) is 0 Å². The number of rotatable bonds is 2. The van der Waals surface area contributed by atoms with E-state index in [4.69, 9.17) is 5.73 Å². The van der Waals surface area contributed by atoms with E-state index < -0.39 is 6.04 Å². The van der Waals surface area contributed by atoms with Gasteiger partial charge in [0, 0.05) is 13.1 Å². The predicted molar refractivity (Wildman–Crippen MR) is 72.9 cm³/mol. The van der Waals surface area contributed by atoms with Crippen LogP contribution < -0.4 is 5.73 Å². The highest BCUT2D eigenvalue weighted by Crippen LogP contribution is 2.24. The number of carbonyl (C=O) groups excluding carboxylic acids is 1. The molecule has 0 aromatic heterocycles. The molecule has 3 nitrogen and oxygen atoms in total. The molecule has 2 N–H and O–H groups in total. The number of benzene rings is 1. The van der Waals surface area contributed by atoms with Crippen LogP contribution in [0.5, 0.6) is 0 Å². The molecule has 1 aliphatic heterocycles. The average molecular weight is 246 g/mol. The zero-order chi connectivity index (χ0) is 13.1. The van der Waals surface area contributed by atoms with Crippen LogP contribution >= 0.6 is 0 Å². The molecule has 1 aliphatic rings. The van der Waals surface area contributed by atoms with E-state index in [9.17, 15) is 4.79 Å². The Bertz CT molecular complexity index is 404. The smallest absolute Gasteiger partial charge is 0.244 e. The number of carbonyl (C=O) groups is 1. The summed E-state index contributed by atoms with van der Waals surface area (Å²) in [6.07, 6.45) is 1.08. The molecule has 0 saturated carbocycles. The van der Waals surface area contributed by atoms with Gasteiger partial charge in [0.15, 0.2) is 0 Å². The number of hydrogen-bond acceptors (Lipinski definition) is 2. The van der Waals surface area contributed by atoms with Crippen molar-refractivity contribution in [3.63, 3.8) is 0 Å². The van der Waals surface area contributed by atoms with Gasteiger partial charge in [-0.25, -0.2) is 0 Å². The first-order chi connectivity index (χ1) is 8.59. The van der Waals surface area contributed by atoms with E-state index in [1.54, 1.807) is 0 Å². The maximum atomic E-state index is 12.4. The largest absolute Gasteiger partial charge is 0.341 e. The van der Waals surface area contributed by atoms with Crippen molar-refractivity contribution < 1.29 is 4.79 Å². The summed E-state index contributed by atoms with van der Waals surface area (Å²) in [7, 11) is 0. The molecule has 0 unspecified atom stereocenters. The molecule has 3 heteroatoms. The second-order valence-electron chi connectivity index (χ2n) is 5.42. The van der Waals surface area contributed by atoms with Crippen molar-refractivity contribution >= 4 is 5.91 Å². The molecule has 2 rings (SSSR count). The third-order valence-electron chi connectivity index (χ3n) is 4.07. The maximum Gasteiger partial charge on any atom is 0.244 e. The van der Waals surface area contributed by atoms with Gasteiger partial charge < -0.3 is 10.6 Å². The van der Waals surface area contributed by atoms with E-state index >= 15 is 0 Å². The fourth-order valence-corrected chi connectivity index (χ4v) is 2.46. The molecule has 18 heavy (non-hydrogen) atoms. The minimum absolute atomic E-state index is 0.0555. The summed E-state index contributed by atoms with van der Waals surface area (Å²) in [6, 6.07) is 9.08. The van der Waals surface area contributed by atoms with E-state index in [1.165, 1.54) is 0 Å².